The smallest absolute Gasteiger partial charge is 0.274 e. The van der Waals surface area contributed by atoms with Gasteiger partial charge in [0, 0.05) is 56.0 Å². The highest BCUT2D eigenvalue weighted by Crippen LogP contribution is 2.28. The van der Waals surface area contributed by atoms with Crippen LogP contribution >= 0.6 is 0 Å². The molecule has 1 N–H and O–H groups in total. The van der Waals surface area contributed by atoms with Crippen LogP contribution in [0.4, 0.5) is 0 Å². The number of fused-ring (bicyclic) bond motifs is 1. The summed E-state index contributed by atoms with van der Waals surface area (Å²) >= 11 is 0. The summed E-state index contributed by atoms with van der Waals surface area (Å²) in [5.74, 6) is 1.58. The van der Waals surface area contributed by atoms with Gasteiger partial charge < -0.3 is 19.5 Å². The fourth-order valence-corrected chi connectivity index (χ4v) is 5.29. The lowest BCUT2D eigenvalue weighted by Crippen LogP contribution is -2.43. The summed E-state index contributed by atoms with van der Waals surface area (Å²) in [6.45, 7) is 3.83. The second-order valence-electron chi connectivity index (χ2n) is 9.60. The third-order valence-corrected chi connectivity index (χ3v) is 7.15. The molecule has 190 valence electrons. The van der Waals surface area contributed by atoms with Crippen molar-refractivity contribution in [2.75, 3.05) is 33.9 Å². The van der Waals surface area contributed by atoms with Crippen molar-refractivity contribution in [3.63, 3.8) is 0 Å². The number of β-amino-alcohol motifs (C(OH)–C–C–N with tert-alkyl or cyclic N) is 1. The highest BCUT2D eigenvalue weighted by Gasteiger charge is 2.32. The summed E-state index contributed by atoms with van der Waals surface area (Å²) in [6.07, 6.45) is 1.87. The standard InChI is InChI=1S/C28H34N4O4/c1-35-23-10-5-7-20(15-23)16-32-25-12-14-30(17-21-8-3-4-11-26(21)36-2)19-24(25)27(29-32)28(34)31-13-6-9-22(33)18-31/h3-5,7-8,10-11,15,22,33H,6,9,12-14,16-19H2,1-2H3/t22-/m1/s1. The second kappa shape index (κ2) is 10.7. The van der Waals surface area contributed by atoms with Crippen LogP contribution in [0.15, 0.2) is 48.5 Å². The van der Waals surface area contributed by atoms with Crippen LogP contribution in [-0.2, 0) is 26.1 Å². The van der Waals surface area contributed by atoms with E-state index in [1.165, 1.54) is 0 Å². The minimum absolute atomic E-state index is 0.0893. The van der Waals surface area contributed by atoms with E-state index in [0.29, 0.717) is 31.9 Å². The van der Waals surface area contributed by atoms with E-state index in [4.69, 9.17) is 14.6 Å². The fourth-order valence-electron chi connectivity index (χ4n) is 5.29. The number of amides is 1. The molecule has 1 amide bonds. The number of ether oxygens (including phenoxy) is 2. The van der Waals surface area contributed by atoms with Gasteiger partial charge in [-0.2, -0.15) is 5.10 Å². The molecular weight excluding hydrogens is 456 g/mol. The predicted octanol–water partition coefficient (Wildman–Crippen LogP) is 3.10. The van der Waals surface area contributed by atoms with Crippen molar-refractivity contribution in [3.8, 4) is 11.5 Å². The molecule has 0 bridgehead atoms. The minimum Gasteiger partial charge on any atom is -0.497 e. The summed E-state index contributed by atoms with van der Waals surface area (Å²) in [5.41, 5.74) is 4.80. The molecule has 3 heterocycles. The minimum atomic E-state index is -0.473. The summed E-state index contributed by atoms with van der Waals surface area (Å²) in [5, 5.41) is 15.0. The molecule has 8 nitrogen and oxygen atoms in total. The van der Waals surface area contributed by atoms with Crippen molar-refractivity contribution in [2.45, 2.75) is 45.0 Å². The van der Waals surface area contributed by atoms with E-state index in [-0.39, 0.29) is 5.91 Å². The lowest BCUT2D eigenvalue weighted by molar-refractivity contribution is 0.0466. The largest absolute Gasteiger partial charge is 0.497 e. The molecule has 5 rings (SSSR count). The molecule has 1 aromatic heterocycles. The highest BCUT2D eigenvalue weighted by atomic mass is 16.5. The Morgan fingerprint density at radius 2 is 1.94 bits per heavy atom. The number of benzene rings is 2. The fraction of sp³-hybridized carbons (Fsp3) is 0.429. The third-order valence-electron chi connectivity index (χ3n) is 7.15. The Morgan fingerprint density at radius 1 is 1.08 bits per heavy atom. The SMILES string of the molecule is COc1cccc(Cn2nc(C(=O)N3CCC[C@@H](O)C3)c3c2CCN(Cc2ccccc2OC)C3)c1. The molecule has 0 unspecified atom stereocenters. The average molecular weight is 491 g/mol. The molecule has 0 spiro atoms. The average Bonchev–Trinajstić information content (AvgIpc) is 3.26. The lowest BCUT2D eigenvalue weighted by atomic mass is 10.0. The number of methoxy groups -OCH3 is 2. The molecule has 3 aromatic rings. The summed E-state index contributed by atoms with van der Waals surface area (Å²) < 4.78 is 12.9. The van der Waals surface area contributed by atoms with Gasteiger partial charge in [0.2, 0.25) is 0 Å². The van der Waals surface area contributed by atoms with E-state index in [9.17, 15) is 9.90 Å². The van der Waals surface area contributed by atoms with Crippen LogP contribution in [0.3, 0.4) is 0 Å². The van der Waals surface area contributed by atoms with Crippen molar-refractivity contribution >= 4 is 5.91 Å². The molecule has 2 aliphatic rings. The Balaban J connectivity index is 1.45. The first-order valence-electron chi connectivity index (χ1n) is 12.6. The zero-order valence-electron chi connectivity index (χ0n) is 21.0. The Morgan fingerprint density at radius 3 is 2.75 bits per heavy atom. The van der Waals surface area contributed by atoms with Crippen molar-refractivity contribution in [2.24, 2.45) is 0 Å². The molecule has 8 heteroatoms. The van der Waals surface area contributed by atoms with Crippen LogP contribution in [0.25, 0.3) is 0 Å². The molecule has 1 saturated heterocycles. The van der Waals surface area contributed by atoms with Gasteiger partial charge in [0.25, 0.3) is 5.91 Å². The molecule has 2 aliphatic heterocycles. The number of rotatable bonds is 7. The first-order valence-corrected chi connectivity index (χ1v) is 12.6. The van der Waals surface area contributed by atoms with Crippen LogP contribution in [0.1, 0.15) is 45.7 Å². The van der Waals surface area contributed by atoms with Crippen LogP contribution in [0.2, 0.25) is 0 Å². The first kappa shape index (κ1) is 24.3. The number of aliphatic hydroxyl groups is 1. The number of para-hydroxylation sites is 1. The number of carbonyl (C=O) groups excluding carboxylic acids is 1. The number of carbonyl (C=O) groups is 1. The molecule has 36 heavy (non-hydrogen) atoms. The molecule has 0 radical (unpaired) electrons. The van der Waals surface area contributed by atoms with Gasteiger partial charge >= 0.3 is 0 Å². The Hall–Kier alpha value is -3.36. The zero-order valence-corrected chi connectivity index (χ0v) is 21.0. The maximum atomic E-state index is 13.6. The Bertz CT molecular complexity index is 1220. The number of hydrogen-bond acceptors (Lipinski definition) is 6. The quantitative estimate of drug-likeness (QED) is 0.548. The molecule has 0 saturated carbocycles. The van der Waals surface area contributed by atoms with Crippen LogP contribution in [0.5, 0.6) is 11.5 Å². The van der Waals surface area contributed by atoms with Gasteiger partial charge in [-0.1, -0.05) is 30.3 Å². The van der Waals surface area contributed by atoms with Gasteiger partial charge in [0.1, 0.15) is 11.5 Å². The van der Waals surface area contributed by atoms with Gasteiger partial charge in [0.05, 0.1) is 26.9 Å². The van der Waals surface area contributed by atoms with Crippen molar-refractivity contribution in [3.05, 3.63) is 76.6 Å². The summed E-state index contributed by atoms with van der Waals surface area (Å²) in [6, 6.07) is 16.0. The van der Waals surface area contributed by atoms with E-state index in [0.717, 1.165) is 66.2 Å². The van der Waals surface area contributed by atoms with Crippen LogP contribution in [0, 0.1) is 0 Å². The molecule has 1 fully saturated rings. The van der Waals surface area contributed by atoms with Crippen molar-refractivity contribution < 1.29 is 19.4 Å². The van der Waals surface area contributed by atoms with Gasteiger partial charge in [-0.25, -0.2) is 0 Å². The number of hydrogen-bond donors (Lipinski definition) is 1. The van der Waals surface area contributed by atoms with Gasteiger partial charge in [-0.3, -0.25) is 14.4 Å². The second-order valence-corrected chi connectivity index (χ2v) is 9.60. The zero-order chi connectivity index (χ0) is 25.1. The van der Waals surface area contributed by atoms with Crippen LogP contribution in [-0.4, -0.2) is 70.6 Å². The topological polar surface area (TPSA) is 80.1 Å². The maximum Gasteiger partial charge on any atom is 0.274 e. The summed E-state index contributed by atoms with van der Waals surface area (Å²) in [4.78, 5) is 17.7. The number of piperidine rings is 1. The first-order chi connectivity index (χ1) is 17.6. The van der Waals surface area contributed by atoms with Crippen LogP contribution < -0.4 is 9.47 Å². The number of likely N-dealkylation sites (tertiary alicyclic amines) is 1. The van der Waals surface area contributed by atoms with E-state index in [1.807, 2.05) is 41.1 Å². The Labute approximate surface area is 212 Å². The molecule has 1 atom stereocenters. The molecular formula is C28H34N4O4. The monoisotopic (exact) mass is 490 g/mol. The Kier molecular flexibility index (Phi) is 7.25. The molecule has 2 aromatic carbocycles. The van der Waals surface area contributed by atoms with Gasteiger partial charge in [-0.05, 0) is 36.6 Å². The van der Waals surface area contributed by atoms with Gasteiger partial charge in [0.15, 0.2) is 5.69 Å². The lowest BCUT2D eigenvalue weighted by Gasteiger charge is -2.31. The normalized spacial score (nSPS) is 18.1. The number of nitrogens with zero attached hydrogens (tertiary/aromatic N) is 4. The third kappa shape index (κ3) is 5.10. The van der Waals surface area contributed by atoms with E-state index in [2.05, 4.69) is 17.0 Å². The maximum absolute atomic E-state index is 13.6. The highest BCUT2D eigenvalue weighted by molar-refractivity contribution is 5.94. The van der Waals surface area contributed by atoms with Crippen molar-refractivity contribution in [1.82, 2.24) is 19.6 Å². The van der Waals surface area contributed by atoms with E-state index in [1.54, 1.807) is 19.1 Å². The number of aliphatic hydroxyl groups excluding tert-OH is 1. The summed E-state index contributed by atoms with van der Waals surface area (Å²) in [7, 11) is 3.36. The van der Waals surface area contributed by atoms with Crippen molar-refractivity contribution in [1.29, 1.82) is 0 Å². The van der Waals surface area contributed by atoms with E-state index >= 15 is 0 Å². The predicted molar refractivity (Wildman–Crippen MR) is 136 cm³/mol. The molecule has 0 aliphatic carbocycles. The number of aromatic nitrogens is 2. The van der Waals surface area contributed by atoms with Gasteiger partial charge in [-0.15, -0.1) is 0 Å². The van der Waals surface area contributed by atoms with E-state index < -0.39 is 6.10 Å².